The molecule has 1 amide bonds. The van der Waals surface area contributed by atoms with Crippen molar-refractivity contribution in [2.45, 2.75) is 56.8 Å². The monoisotopic (exact) mass is 369 g/mol. The Hall–Kier alpha value is -2.15. The maximum Gasteiger partial charge on any atom is 0.230 e. The second-order valence-corrected chi connectivity index (χ2v) is 7.72. The standard InChI is InChI=1S/C19H23N5OS/c1-2-11-24-15-10-6-5-9-14(15)17-18(24)21-19(23-22-17)26-12-16(25)20-13-7-3-4-8-13/h5-6,9-10,13H,2-4,7-8,11-12H2,1H3,(H,20,25). The third-order valence-electron chi connectivity index (χ3n) is 4.85. The molecule has 6 nitrogen and oxygen atoms in total. The van der Waals surface area contributed by atoms with Crippen molar-refractivity contribution in [2.75, 3.05) is 5.75 Å². The lowest BCUT2D eigenvalue weighted by atomic mass is 10.2. The second kappa shape index (κ2) is 7.61. The van der Waals surface area contributed by atoms with Gasteiger partial charge in [0.05, 0.1) is 11.3 Å². The van der Waals surface area contributed by atoms with Crippen molar-refractivity contribution in [1.82, 2.24) is 25.1 Å². The summed E-state index contributed by atoms with van der Waals surface area (Å²) in [5, 5.41) is 13.4. The molecule has 0 bridgehead atoms. The SMILES string of the molecule is CCCn1c2ccccc2c2nnc(SCC(=O)NC3CCCC3)nc21. The van der Waals surface area contributed by atoms with E-state index in [1.54, 1.807) is 0 Å². The van der Waals surface area contributed by atoms with Crippen LogP contribution in [0.5, 0.6) is 0 Å². The largest absolute Gasteiger partial charge is 0.353 e. The van der Waals surface area contributed by atoms with Gasteiger partial charge in [0.25, 0.3) is 0 Å². The number of thioether (sulfide) groups is 1. The Balaban J connectivity index is 1.55. The summed E-state index contributed by atoms with van der Waals surface area (Å²) in [4.78, 5) is 16.8. The summed E-state index contributed by atoms with van der Waals surface area (Å²) in [6.07, 6.45) is 5.63. The van der Waals surface area contributed by atoms with Gasteiger partial charge in [-0.25, -0.2) is 4.98 Å². The molecule has 2 heterocycles. The molecular weight excluding hydrogens is 346 g/mol. The average molecular weight is 369 g/mol. The summed E-state index contributed by atoms with van der Waals surface area (Å²) in [6, 6.07) is 8.54. The molecule has 7 heteroatoms. The van der Waals surface area contributed by atoms with Gasteiger partial charge in [0.15, 0.2) is 5.65 Å². The molecule has 0 unspecified atom stereocenters. The number of aromatic nitrogens is 4. The van der Waals surface area contributed by atoms with Gasteiger partial charge in [-0.3, -0.25) is 4.79 Å². The average Bonchev–Trinajstić information content (AvgIpc) is 3.27. The molecule has 2 aromatic heterocycles. The van der Waals surface area contributed by atoms with E-state index in [2.05, 4.69) is 39.1 Å². The first-order valence-corrected chi connectivity index (χ1v) is 10.3. The first kappa shape index (κ1) is 17.3. The number of rotatable bonds is 6. The maximum absolute atomic E-state index is 12.1. The van der Waals surface area contributed by atoms with Gasteiger partial charge in [0.1, 0.15) is 5.52 Å². The van der Waals surface area contributed by atoms with Crippen molar-refractivity contribution in [2.24, 2.45) is 0 Å². The van der Waals surface area contributed by atoms with Crippen LogP contribution >= 0.6 is 11.8 Å². The molecule has 4 rings (SSSR count). The number of carbonyl (C=O) groups is 1. The predicted octanol–water partition coefficient (Wildman–Crippen LogP) is 3.54. The second-order valence-electron chi connectivity index (χ2n) is 6.77. The molecule has 1 aliphatic rings. The number of fused-ring (bicyclic) bond motifs is 3. The van der Waals surface area contributed by atoms with Gasteiger partial charge in [0, 0.05) is 18.0 Å². The van der Waals surface area contributed by atoms with Crippen LogP contribution in [-0.2, 0) is 11.3 Å². The Kier molecular flexibility index (Phi) is 5.06. The molecule has 1 saturated carbocycles. The highest BCUT2D eigenvalue weighted by atomic mass is 32.2. The summed E-state index contributed by atoms with van der Waals surface area (Å²) in [7, 11) is 0. The number of hydrogen-bond acceptors (Lipinski definition) is 5. The van der Waals surface area contributed by atoms with Crippen LogP contribution in [0.4, 0.5) is 0 Å². The first-order valence-electron chi connectivity index (χ1n) is 9.30. The van der Waals surface area contributed by atoms with Gasteiger partial charge in [-0.2, -0.15) is 0 Å². The van der Waals surface area contributed by atoms with Crippen LogP contribution in [0.1, 0.15) is 39.0 Å². The van der Waals surface area contributed by atoms with Crippen LogP contribution in [0.2, 0.25) is 0 Å². The molecule has 1 aromatic carbocycles. The molecule has 3 aromatic rings. The van der Waals surface area contributed by atoms with E-state index in [0.29, 0.717) is 17.0 Å². The van der Waals surface area contributed by atoms with Crippen molar-refractivity contribution >= 4 is 39.7 Å². The van der Waals surface area contributed by atoms with Crippen molar-refractivity contribution in [3.63, 3.8) is 0 Å². The van der Waals surface area contributed by atoms with Crippen LogP contribution < -0.4 is 5.32 Å². The Bertz CT molecular complexity index is 932. The Morgan fingerprint density at radius 1 is 1.27 bits per heavy atom. The topological polar surface area (TPSA) is 72.7 Å². The van der Waals surface area contributed by atoms with Crippen LogP contribution in [0.3, 0.4) is 0 Å². The summed E-state index contributed by atoms with van der Waals surface area (Å²) >= 11 is 1.35. The summed E-state index contributed by atoms with van der Waals surface area (Å²) < 4.78 is 2.20. The van der Waals surface area contributed by atoms with E-state index in [-0.39, 0.29) is 5.91 Å². The smallest absolute Gasteiger partial charge is 0.230 e. The lowest BCUT2D eigenvalue weighted by molar-refractivity contribution is -0.119. The molecule has 0 aliphatic heterocycles. The van der Waals surface area contributed by atoms with E-state index in [1.165, 1.54) is 24.6 Å². The van der Waals surface area contributed by atoms with Gasteiger partial charge < -0.3 is 9.88 Å². The lowest BCUT2D eigenvalue weighted by Gasteiger charge is -2.11. The van der Waals surface area contributed by atoms with Crippen molar-refractivity contribution in [3.8, 4) is 0 Å². The zero-order chi connectivity index (χ0) is 17.9. The van der Waals surface area contributed by atoms with E-state index in [9.17, 15) is 4.79 Å². The van der Waals surface area contributed by atoms with Gasteiger partial charge in [-0.05, 0) is 25.3 Å². The van der Waals surface area contributed by atoms with Gasteiger partial charge in [-0.1, -0.05) is 49.7 Å². The summed E-state index contributed by atoms with van der Waals surface area (Å²) in [5.74, 6) is 0.386. The van der Waals surface area contributed by atoms with Crippen LogP contribution in [0.25, 0.3) is 22.1 Å². The number of hydrogen-bond donors (Lipinski definition) is 1. The number of benzene rings is 1. The molecular formula is C19H23N5OS. The zero-order valence-electron chi connectivity index (χ0n) is 14.9. The van der Waals surface area contributed by atoms with Gasteiger partial charge in [0.2, 0.25) is 11.1 Å². The van der Waals surface area contributed by atoms with Gasteiger partial charge >= 0.3 is 0 Å². The fourth-order valence-corrected chi connectivity index (χ4v) is 4.26. The van der Waals surface area contributed by atoms with Crippen LogP contribution in [0, 0.1) is 0 Å². The van der Waals surface area contributed by atoms with E-state index >= 15 is 0 Å². The Morgan fingerprint density at radius 2 is 2.08 bits per heavy atom. The minimum atomic E-state index is 0.0553. The maximum atomic E-state index is 12.1. The highest BCUT2D eigenvalue weighted by Crippen LogP contribution is 2.27. The molecule has 136 valence electrons. The van der Waals surface area contributed by atoms with Crippen molar-refractivity contribution in [1.29, 1.82) is 0 Å². The molecule has 1 fully saturated rings. The third-order valence-corrected chi connectivity index (χ3v) is 5.69. The normalized spacial score (nSPS) is 15.1. The molecule has 0 spiro atoms. The predicted molar refractivity (Wildman–Crippen MR) is 104 cm³/mol. The number of aryl methyl sites for hydroxylation is 1. The number of para-hydroxylation sites is 1. The molecule has 0 atom stereocenters. The first-order chi connectivity index (χ1) is 12.8. The summed E-state index contributed by atoms with van der Waals surface area (Å²) in [6.45, 7) is 3.03. The van der Waals surface area contributed by atoms with Gasteiger partial charge in [-0.15, -0.1) is 10.2 Å². The molecule has 1 N–H and O–H groups in total. The number of amides is 1. The highest BCUT2D eigenvalue weighted by Gasteiger charge is 2.18. The molecule has 1 aliphatic carbocycles. The molecule has 26 heavy (non-hydrogen) atoms. The highest BCUT2D eigenvalue weighted by molar-refractivity contribution is 7.99. The van der Waals surface area contributed by atoms with Crippen molar-refractivity contribution in [3.05, 3.63) is 24.3 Å². The quantitative estimate of drug-likeness (QED) is 0.673. The van der Waals surface area contributed by atoms with E-state index in [4.69, 9.17) is 4.98 Å². The minimum absolute atomic E-state index is 0.0553. The number of nitrogens with zero attached hydrogens (tertiary/aromatic N) is 4. The van der Waals surface area contributed by atoms with E-state index in [0.717, 1.165) is 47.9 Å². The minimum Gasteiger partial charge on any atom is -0.353 e. The number of nitrogens with one attached hydrogen (secondary N) is 1. The van der Waals surface area contributed by atoms with E-state index < -0.39 is 0 Å². The zero-order valence-corrected chi connectivity index (χ0v) is 15.8. The fraction of sp³-hybridized carbons (Fsp3) is 0.474. The van der Waals surface area contributed by atoms with Crippen molar-refractivity contribution < 1.29 is 4.79 Å². The van der Waals surface area contributed by atoms with Crippen LogP contribution in [-0.4, -0.2) is 37.5 Å². The molecule has 0 saturated heterocycles. The lowest BCUT2D eigenvalue weighted by Crippen LogP contribution is -2.33. The number of carbonyl (C=O) groups excluding carboxylic acids is 1. The fourth-order valence-electron chi connectivity index (χ4n) is 3.67. The Morgan fingerprint density at radius 3 is 2.88 bits per heavy atom. The third kappa shape index (κ3) is 3.40. The van der Waals surface area contributed by atoms with E-state index in [1.807, 2.05) is 12.1 Å². The van der Waals surface area contributed by atoms with Crippen LogP contribution in [0.15, 0.2) is 29.4 Å². The molecule has 0 radical (unpaired) electrons. The summed E-state index contributed by atoms with van der Waals surface area (Å²) in [5.41, 5.74) is 2.81. The Labute approximate surface area is 156 Å².